The Morgan fingerprint density at radius 1 is 1.05 bits per heavy atom. The minimum Gasteiger partial charge on any atom is -0.329 e. The molecule has 0 amide bonds. The summed E-state index contributed by atoms with van der Waals surface area (Å²) in [7, 11) is 2.26. The number of piperazine rings is 1. The second-order valence-corrected chi connectivity index (χ2v) is 8.35. The second kappa shape index (κ2) is 5.58. The first-order chi connectivity index (χ1) is 9.22. The van der Waals surface area contributed by atoms with E-state index in [0.717, 1.165) is 6.54 Å². The lowest BCUT2D eigenvalue weighted by atomic mass is 9.63. The van der Waals surface area contributed by atoms with Crippen LogP contribution in [0, 0.1) is 11.3 Å². The van der Waals surface area contributed by atoms with Gasteiger partial charge in [0, 0.05) is 37.3 Å². The first kappa shape index (κ1) is 16.3. The number of nitrogens with two attached hydrogens (primary N) is 1. The van der Waals surface area contributed by atoms with E-state index in [1.54, 1.807) is 0 Å². The predicted octanol–water partition coefficient (Wildman–Crippen LogP) is 2.55. The molecule has 118 valence electrons. The maximum atomic E-state index is 6.32. The molecule has 0 spiro atoms. The molecule has 1 aliphatic carbocycles. The van der Waals surface area contributed by atoms with Crippen molar-refractivity contribution in [1.82, 2.24) is 9.80 Å². The molecule has 3 heteroatoms. The van der Waals surface area contributed by atoms with Crippen LogP contribution in [0.1, 0.15) is 53.9 Å². The molecule has 0 radical (unpaired) electrons. The van der Waals surface area contributed by atoms with Gasteiger partial charge in [0.05, 0.1) is 0 Å². The molecular formula is C17H35N3. The van der Waals surface area contributed by atoms with Crippen LogP contribution in [0.5, 0.6) is 0 Å². The highest BCUT2D eigenvalue weighted by atomic mass is 15.3. The Morgan fingerprint density at radius 2 is 1.60 bits per heavy atom. The lowest BCUT2D eigenvalue weighted by Gasteiger charge is -2.57. The molecule has 2 aliphatic rings. The summed E-state index contributed by atoms with van der Waals surface area (Å²) in [5.41, 5.74) is 7.04. The van der Waals surface area contributed by atoms with Gasteiger partial charge in [-0.05, 0) is 51.5 Å². The summed E-state index contributed by atoms with van der Waals surface area (Å²) in [6.07, 6.45) is 3.88. The molecule has 2 rings (SSSR count). The van der Waals surface area contributed by atoms with Gasteiger partial charge in [-0.2, -0.15) is 0 Å². The predicted molar refractivity (Wildman–Crippen MR) is 86.8 cm³/mol. The van der Waals surface area contributed by atoms with Gasteiger partial charge in [0.1, 0.15) is 0 Å². The van der Waals surface area contributed by atoms with Gasteiger partial charge in [-0.15, -0.1) is 0 Å². The monoisotopic (exact) mass is 281 g/mol. The third-order valence-corrected chi connectivity index (χ3v) is 6.35. The summed E-state index contributed by atoms with van der Waals surface area (Å²) in [4.78, 5) is 5.25. The quantitative estimate of drug-likeness (QED) is 0.844. The maximum Gasteiger partial charge on any atom is 0.0358 e. The van der Waals surface area contributed by atoms with Crippen LogP contribution in [0.15, 0.2) is 0 Å². The standard InChI is InChI=1S/C17H35N3/c1-13-9-16(4,5)7-8-17(13,12-18)20-10-14(2)19(6)15(3)11-20/h13-15H,7-12,18H2,1-6H3. The molecular weight excluding hydrogens is 246 g/mol. The average molecular weight is 281 g/mol. The summed E-state index contributed by atoms with van der Waals surface area (Å²) in [6.45, 7) is 15.1. The van der Waals surface area contributed by atoms with Gasteiger partial charge in [0.2, 0.25) is 0 Å². The lowest BCUT2D eigenvalue weighted by molar-refractivity contribution is -0.0688. The molecule has 1 saturated heterocycles. The van der Waals surface area contributed by atoms with E-state index in [-0.39, 0.29) is 5.54 Å². The van der Waals surface area contributed by atoms with Crippen LogP contribution in [0.3, 0.4) is 0 Å². The van der Waals surface area contributed by atoms with E-state index in [0.29, 0.717) is 23.4 Å². The van der Waals surface area contributed by atoms with E-state index >= 15 is 0 Å². The Hall–Kier alpha value is -0.120. The molecule has 3 nitrogen and oxygen atoms in total. The van der Waals surface area contributed by atoms with Crippen molar-refractivity contribution in [3.8, 4) is 0 Å². The van der Waals surface area contributed by atoms with E-state index in [1.165, 1.54) is 32.4 Å². The van der Waals surface area contributed by atoms with E-state index in [9.17, 15) is 0 Å². The smallest absolute Gasteiger partial charge is 0.0358 e. The van der Waals surface area contributed by atoms with Crippen molar-refractivity contribution < 1.29 is 0 Å². The molecule has 0 aromatic heterocycles. The number of nitrogens with zero attached hydrogens (tertiary/aromatic N) is 2. The van der Waals surface area contributed by atoms with Crippen molar-refractivity contribution in [2.45, 2.75) is 71.5 Å². The minimum absolute atomic E-state index is 0.235. The van der Waals surface area contributed by atoms with Gasteiger partial charge >= 0.3 is 0 Å². The fraction of sp³-hybridized carbons (Fsp3) is 1.00. The first-order valence-corrected chi connectivity index (χ1v) is 8.39. The van der Waals surface area contributed by atoms with Crippen molar-refractivity contribution in [3.05, 3.63) is 0 Å². The Kier molecular flexibility index (Phi) is 4.54. The number of rotatable bonds is 2. The summed E-state index contributed by atoms with van der Waals surface area (Å²) in [6, 6.07) is 1.26. The Balaban J connectivity index is 2.19. The zero-order valence-corrected chi connectivity index (χ0v) is 14.4. The second-order valence-electron chi connectivity index (χ2n) is 8.35. The Morgan fingerprint density at radius 3 is 2.05 bits per heavy atom. The summed E-state index contributed by atoms with van der Waals surface area (Å²) in [5, 5.41) is 0. The molecule has 4 unspecified atom stereocenters. The van der Waals surface area contributed by atoms with Gasteiger partial charge in [-0.1, -0.05) is 20.8 Å². The van der Waals surface area contributed by atoms with Gasteiger partial charge in [0.15, 0.2) is 0 Å². The maximum absolute atomic E-state index is 6.32. The normalized spacial score (nSPS) is 43.6. The first-order valence-electron chi connectivity index (χ1n) is 8.39. The highest BCUT2D eigenvalue weighted by molar-refractivity contribution is 5.04. The number of likely N-dealkylation sites (N-methyl/N-ethyl adjacent to an activating group) is 1. The molecule has 1 heterocycles. The molecule has 2 fully saturated rings. The third kappa shape index (κ3) is 2.77. The van der Waals surface area contributed by atoms with E-state index in [2.05, 4.69) is 51.5 Å². The van der Waals surface area contributed by atoms with Crippen LogP contribution < -0.4 is 5.73 Å². The van der Waals surface area contributed by atoms with Crippen molar-refractivity contribution in [3.63, 3.8) is 0 Å². The SMILES string of the molecule is CC1CN(C2(CN)CCC(C)(C)CC2C)CC(C)N1C. The van der Waals surface area contributed by atoms with Crippen molar-refractivity contribution in [1.29, 1.82) is 0 Å². The van der Waals surface area contributed by atoms with Crippen LogP contribution in [0.4, 0.5) is 0 Å². The van der Waals surface area contributed by atoms with Gasteiger partial charge in [-0.3, -0.25) is 9.80 Å². The van der Waals surface area contributed by atoms with Crippen LogP contribution in [0.2, 0.25) is 0 Å². The minimum atomic E-state index is 0.235. The topological polar surface area (TPSA) is 32.5 Å². The van der Waals surface area contributed by atoms with Crippen molar-refractivity contribution in [2.24, 2.45) is 17.1 Å². The molecule has 0 bridgehead atoms. The van der Waals surface area contributed by atoms with E-state index in [1.807, 2.05) is 0 Å². The zero-order valence-electron chi connectivity index (χ0n) is 14.4. The van der Waals surface area contributed by atoms with Crippen LogP contribution in [-0.2, 0) is 0 Å². The molecule has 0 aromatic carbocycles. The molecule has 20 heavy (non-hydrogen) atoms. The molecule has 1 aliphatic heterocycles. The molecule has 4 atom stereocenters. The summed E-state index contributed by atoms with van der Waals surface area (Å²) in [5.74, 6) is 0.694. The van der Waals surface area contributed by atoms with Crippen molar-refractivity contribution in [2.75, 3.05) is 26.7 Å². The zero-order chi connectivity index (χ0) is 15.1. The molecule has 2 N–H and O–H groups in total. The van der Waals surface area contributed by atoms with Crippen molar-refractivity contribution >= 4 is 0 Å². The summed E-state index contributed by atoms with van der Waals surface area (Å²) < 4.78 is 0. The van der Waals surface area contributed by atoms with Crippen LogP contribution in [0.25, 0.3) is 0 Å². The lowest BCUT2D eigenvalue weighted by Crippen LogP contribution is -2.67. The average Bonchev–Trinajstić information content (AvgIpc) is 2.35. The molecule has 0 aromatic rings. The van der Waals surface area contributed by atoms with E-state index in [4.69, 9.17) is 5.73 Å². The van der Waals surface area contributed by atoms with Crippen LogP contribution >= 0.6 is 0 Å². The third-order valence-electron chi connectivity index (χ3n) is 6.35. The number of hydrogen-bond acceptors (Lipinski definition) is 3. The largest absolute Gasteiger partial charge is 0.329 e. The highest BCUT2D eigenvalue weighted by Crippen LogP contribution is 2.46. The van der Waals surface area contributed by atoms with E-state index < -0.39 is 0 Å². The number of hydrogen-bond donors (Lipinski definition) is 1. The molecule has 1 saturated carbocycles. The van der Waals surface area contributed by atoms with Gasteiger partial charge in [0.25, 0.3) is 0 Å². The van der Waals surface area contributed by atoms with Gasteiger partial charge < -0.3 is 5.73 Å². The summed E-state index contributed by atoms with van der Waals surface area (Å²) >= 11 is 0. The Labute approximate surface area is 125 Å². The van der Waals surface area contributed by atoms with Gasteiger partial charge in [-0.25, -0.2) is 0 Å². The Bertz CT molecular complexity index is 329. The fourth-order valence-corrected chi connectivity index (χ4v) is 4.59. The fourth-order valence-electron chi connectivity index (χ4n) is 4.59. The van der Waals surface area contributed by atoms with Crippen LogP contribution in [-0.4, -0.2) is 54.1 Å². The highest BCUT2D eigenvalue weighted by Gasteiger charge is 2.48.